The average Bonchev–Trinajstić information content (AvgIpc) is 2.97. The highest BCUT2D eigenvalue weighted by molar-refractivity contribution is 7.15. The number of fused-ring (bicyclic) bond motifs is 1. The summed E-state index contributed by atoms with van der Waals surface area (Å²) in [7, 11) is 1.64. The molecule has 0 radical (unpaired) electrons. The third kappa shape index (κ3) is 1.82. The van der Waals surface area contributed by atoms with Gasteiger partial charge in [0.25, 0.3) is 0 Å². The summed E-state index contributed by atoms with van der Waals surface area (Å²) < 4.78 is 7.31. The lowest BCUT2D eigenvalue weighted by Gasteiger charge is -2.11. The van der Waals surface area contributed by atoms with Crippen molar-refractivity contribution < 1.29 is 9.53 Å². The van der Waals surface area contributed by atoms with Crippen molar-refractivity contribution in [2.45, 2.75) is 13.8 Å². The molecule has 0 N–H and O–H groups in total. The highest BCUT2D eigenvalue weighted by Gasteiger charge is 2.19. The van der Waals surface area contributed by atoms with Crippen molar-refractivity contribution in [1.29, 1.82) is 0 Å². The van der Waals surface area contributed by atoms with Gasteiger partial charge in [-0.25, -0.2) is 4.98 Å². The molecule has 2 aromatic heterocycles. The molecular weight excluding hydrogens is 272 g/mol. The second kappa shape index (κ2) is 4.76. The molecule has 102 valence electrons. The lowest BCUT2D eigenvalue weighted by molar-refractivity contribution is 0.111. The smallest absolute Gasteiger partial charge is 0.194 e. The Balaban J connectivity index is 2.35. The van der Waals surface area contributed by atoms with E-state index in [2.05, 4.69) is 11.1 Å². The number of benzene rings is 1. The van der Waals surface area contributed by atoms with E-state index in [1.165, 1.54) is 11.3 Å². The van der Waals surface area contributed by atoms with Gasteiger partial charge in [-0.15, -0.1) is 11.3 Å². The number of hydrogen-bond acceptors (Lipinski definition) is 4. The zero-order valence-corrected chi connectivity index (χ0v) is 12.3. The predicted molar refractivity (Wildman–Crippen MR) is 79.9 cm³/mol. The molecule has 0 fully saturated rings. The Kier molecular flexibility index (Phi) is 3.06. The van der Waals surface area contributed by atoms with E-state index in [9.17, 15) is 4.79 Å². The molecule has 5 heteroatoms. The topological polar surface area (TPSA) is 43.6 Å². The van der Waals surface area contributed by atoms with Gasteiger partial charge in [0.05, 0.1) is 7.11 Å². The predicted octanol–water partition coefficient (Wildman–Crippen LogP) is 3.50. The van der Waals surface area contributed by atoms with Gasteiger partial charge in [-0.1, -0.05) is 6.07 Å². The number of carbonyl (C=O) groups is 1. The number of rotatable bonds is 3. The van der Waals surface area contributed by atoms with E-state index in [0.29, 0.717) is 11.4 Å². The average molecular weight is 286 g/mol. The van der Waals surface area contributed by atoms with Gasteiger partial charge in [0, 0.05) is 17.1 Å². The minimum absolute atomic E-state index is 0.560. The maximum absolute atomic E-state index is 11.4. The lowest BCUT2D eigenvalue weighted by Crippen LogP contribution is -1.96. The van der Waals surface area contributed by atoms with Gasteiger partial charge in [-0.2, -0.15) is 0 Å². The molecule has 4 nitrogen and oxygen atoms in total. The summed E-state index contributed by atoms with van der Waals surface area (Å²) in [6, 6.07) is 4.06. The number of ether oxygens (including phenoxy) is 1. The first-order chi connectivity index (χ1) is 9.65. The van der Waals surface area contributed by atoms with Gasteiger partial charge in [0.2, 0.25) is 0 Å². The van der Waals surface area contributed by atoms with Crippen molar-refractivity contribution in [2.24, 2.45) is 0 Å². The molecule has 1 aromatic carbocycles. The second-order valence-corrected chi connectivity index (χ2v) is 5.55. The Morgan fingerprint density at radius 2 is 2.15 bits per heavy atom. The molecule has 0 atom stereocenters. The highest BCUT2D eigenvalue weighted by atomic mass is 32.1. The number of aromatic nitrogens is 2. The fraction of sp³-hybridized carbons (Fsp3) is 0.200. The molecule has 0 aliphatic rings. The zero-order valence-electron chi connectivity index (χ0n) is 11.5. The van der Waals surface area contributed by atoms with E-state index < -0.39 is 0 Å². The Morgan fingerprint density at radius 1 is 1.35 bits per heavy atom. The molecule has 3 aromatic rings. The minimum Gasteiger partial charge on any atom is -0.496 e. The van der Waals surface area contributed by atoms with Gasteiger partial charge >= 0.3 is 0 Å². The van der Waals surface area contributed by atoms with Crippen molar-refractivity contribution in [3.8, 4) is 17.0 Å². The first kappa shape index (κ1) is 12.9. The molecule has 0 aliphatic heterocycles. The van der Waals surface area contributed by atoms with Crippen LogP contribution in [0.3, 0.4) is 0 Å². The monoisotopic (exact) mass is 286 g/mol. The van der Waals surface area contributed by atoms with Gasteiger partial charge in [0.15, 0.2) is 11.2 Å². The Hall–Kier alpha value is -2.14. The van der Waals surface area contributed by atoms with Crippen LogP contribution in [0.2, 0.25) is 0 Å². The molecule has 0 saturated heterocycles. The molecule has 0 saturated carbocycles. The SMILES string of the molecule is COc1c(C)cc(C)cc1-c1nc2sccn2c1C=O. The summed E-state index contributed by atoms with van der Waals surface area (Å²) in [5, 5.41) is 1.91. The van der Waals surface area contributed by atoms with Crippen LogP contribution < -0.4 is 4.74 Å². The molecule has 0 amide bonds. The van der Waals surface area contributed by atoms with Crippen molar-refractivity contribution in [1.82, 2.24) is 9.38 Å². The third-order valence-corrected chi connectivity index (χ3v) is 4.05. The first-order valence-electron chi connectivity index (χ1n) is 6.22. The third-order valence-electron chi connectivity index (χ3n) is 3.29. The van der Waals surface area contributed by atoms with Crippen LogP contribution >= 0.6 is 11.3 Å². The van der Waals surface area contributed by atoms with Crippen LogP contribution in [-0.4, -0.2) is 22.8 Å². The Morgan fingerprint density at radius 3 is 2.85 bits per heavy atom. The second-order valence-electron chi connectivity index (χ2n) is 4.68. The summed E-state index contributed by atoms with van der Waals surface area (Å²) in [6.07, 6.45) is 2.70. The van der Waals surface area contributed by atoms with Crippen LogP contribution in [0.1, 0.15) is 21.6 Å². The van der Waals surface area contributed by atoms with Crippen LogP contribution in [0, 0.1) is 13.8 Å². The van der Waals surface area contributed by atoms with Gasteiger partial charge < -0.3 is 4.74 Å². The maximum Gasteiger partial charge on any atom is 0.194 e. The fourth-order valence-electron chi connectivity index (χ4n) is 2.52. The van der Waals surface area contributed by atoms with Crippen molar-refractivity contribution in [3.63, 3.8) is 0 Å². The van der Waals surface area contributed by atoms with Crippen molar-refractivity contribution in [3.05, 3.63) is 40.5 Å². The fourth-order valence-corrected chi connectivity index (χ4v) is 3.24. The van der Waals surface area contributed by atoms with Crippen molar-refractivity contribution >= 4 is 22.6 Å². The highest BCUT2D eigenvalue weighted by Crippen LogP contribution is 2.36. The quantitative estimate of drug-likeness (QED) is 0.692. The number of carbonyl (C=O) groups excluding carboxylic acids is 1. The number of thiazole rings is 1. The van der Waals surface area contributed by atoms with Gasteiger partial charge in [0.1, 0.15) is 17.1 Å². The standard InChI is InChI=1S/C15H14N2O2S/c1-9-6-10(2)14(19-3)11(7-9)13-12(8-18)17-4-5-20-15(17)16-13/h4-8H,1-3H3. The first-order valence-corrected chi connectivity index (χ1v) is 7.10. The zero-order chi connectivity index (χ0) is 14.3. The van der Waals surface area contributed by atoms with Crippen LogP contribution in [0.5, 0.6) is 5.75 Å². The lowest BCUT2D eigenvalue weighted by atomic mass is 10.0. The van der Waals surface area contributed by atoms with E-state index in [0.717, 1.165) is 33.7 Å². The molecular formula is C15H14N2O2S. The number of methoxy groups -OCH3 is 1. The summed E-state index contributed by atoms with van der Waals surface area (Å²) in [5.74, 6) is 0.768. The molecule has 2 heterocycles. The number of imidazole rings is 1. The molecule has 20 heavy (non-hydrogen) atoms. The van der Waals surface area contributed by atoms with Crippen molar-refractivity contribution in [2.75, 3.05) is 7.11 Å². The summed E-state index contributed by atoms with van der Waals surface area (Å²) in [4.78, 5) is 16.8. The van der Waals surface area contributed by atoms with Gasteiger partial charge in [-0.3, -0.25) is 9.20 Å². The summed E-state index contributed by atoms with van der Waals surface area (Å²) in [6.45, 7) is 4.02. The number of nitrogens with zero attached hydrogens (tertiary/aromatic N) is 2. The van der Waals surface area contributed by atoms with E-state index in [1.807, 2.05) is 35.9 Å². The van der Waals surface area contributed by atoms with E-state index in [1.54, 1.807) is 7.11 Å². The van der Waals surface area contributed by atoms with Crippen LogP contribution in [0.25, 0.3) is 16.2 Å². The number of hydrogen-bond donors (Lipinski definition) is 0. The minimum atomic E-state index is 0.560. The van der Waals surface area contributed by atoms with Crippen LogP contribution in [0.15, 0.2) is 23.7 Å². The number of aryl methyl sites for hydroxylation is 2. The van der Waals surface area contributed by atoms with E-state index in [4.69, 9.17) is 4.74 Å². The maximum atomic E-state index is 11.4. The molecule has 0 aliphatic carbocycles. The van der Waals surface area contributed by atoms with Crippen LogP contribution in [0.4, 0.5) is 0 Å². The molecule has 0 bridgehead atoms. The van der Waals surface area contributed by atoms with E-state index >= 15 is 0 Å². The number of aldehydes is 1. The largest absolute Gasteiger partial charge is 0.496 e. The Labute approximate surface area is 120 Å². The summed E-state index contributed by atoms with van der Waals surface area (Å²) >= 11 is 1.51. The molecule has 0 spiro atoms. The summed E-state index contributed by atoms with van der Waals surface area (Å²) in [5.41, 5.74) is 4.25. The van der Waals surface area contributed by atoms with E-state index in [-0.39, 0.29) is 0 Å². The van der Waals surface area contributed by atoms with Gasteiger partial charge in [-0.05, 0) is 31.0 Å². The van der Waals surface area contributed by atoms with Crippen LogP contribution in [-0.2, 0) is 0 Å². The molecule has 0 unspecified atom stereocenters. The Bertz CT molecular complexity index is 802. The normalized spacial score (nSPS) is 10.9. The molecule has 3 rings (SSSR count).